The molecule has 1 rings (SSSR count). The molecule has 0 fully saturated rings. The van der Waals surface area contributed by atoms with Crippen LogP contribution in [0.25, 0.3) is 0 Å². The van der Waals surface area contributed by atoms with Crippen molar-refractivity contribution in [2.45, 2.75) is 13.1 Å². The predicted octanol–water partition coefficient (Wildman–Crippen LogP) is 2.22. The third-order valence-corrected chi connectivity index (χ3v) is 2.01. The van der Waals surface area contributed by atoms with Gasteiger partial charge in [-0.25, -0.2) is 4.39 Å². The van der Waals surface area contributed by atoms with E-state index in [9.17, 15) is 22.4 Å². The number of carbonyl (C=O) groups excluding carboxylic acids is 1. The van der Waals surface area contributed by atoms with Crippen LogP contribution in [0.4, 0.5) is 23.2 Å². The van der Waals surface area contributed by atoms with Gasteiger partial charge in [0.05, 0.1) is 18.8 Å². The maximum absolute atomic E-state index is 13.3. The number of halogens is 4. The molecule has 2 N–H and O–H groups in total. The van der Waals surface area contributed by atoms with E-state index in [1.54, 1.807) is 13.0 Å². The van der Waals surface area contributed by atoms with E-state index in [1.165, 1.54) is 12.1 Å². The summed E-state index contributed by atoms with van der Waals surface area (Å²) >= 11 is 0. The molecule has 100 valence electrons. The van der Waals surface area contributed by atoms with Crippen LogP contribution in [0.5, 0.6) is 0 Å². The van der Waals surface area contributed by atoms with E-state index in [-0.39, 0.29) is 5.69 Å². The second-order valence-electron chi connectivity index (χ2n) is 3.75. The molecule has 0 atom stereocenters. The molecule has 0 radical (unpaired) electrons. The van der Waals surface area contributed by atoms with Crippen molar-refractivity contribution in [3.8, 4) is 0 Å². The molecule has 0 saturated heterocycles. The standard InChI is InChI=1S/C11H12F4N2O/c1-7-2-3-9(8(12)4-7)17-10(18)5-16-6-11(13,14)15/h2-4,16H,5-6H2,1H3,(H,17,18). The number of amides is 1. The Morgan fingerprint density at radius 3 is 2.56 bits per heavy atom. The highest BCUT2D eigenvalue weighted by molar-refractivity contribution is 5.92. The largest absolute Gasteiger partial charge is 0.401 e. The fourth-order valence-electron chi connectivity index (χ4n) is 1.23. The molecule has 7 heteroatoms. The fraction of sp³-hybridized carbons (Fsp3) is 0.364. The lowest BCUT2D eigenvalue weighted by molar-refractivity contribution is -0.126. The van der Waals surface area contributed by atoms with Crippen LogP contribution >= 0.6 is 0 Å². The zero-order valence-corrected chi connectivity index (χ0v) is 9.57. The summed E-state index contributed by atoms with van der Waals surface area (Å²) in [4.78, 5) is 11.2. The molecule has 0 saturated carbocycles. The summed E-state index contributed by atoms with van der Waals surface area (Å²) in [7, 11) is 0. The maximum Gasteiger partial charge on any atom is 0.401 e. The Morgan fingerprint density at radius 1 is 1.33 bits per heavy atom. The first-order valence-electron chi connectivity index (χ1n) is 5.11. The summed E-state index contributed by atoms with van der Waals surface area (Å²) in [5, 5.41) is 4.10. The summed E-state index contributed by atoms with van der Waals surface area (Å²) in [5.74, 6) is -1.36. The van der Waals surface area contributed by atoms with E-state index in [0.29, 0.717) is 5.56 Å². The molecule has 0 aliphatic carbocycles. The maximum atomic E-state index is 13.3. The molecular formula is C11H12F4N2O. The van der Waals surface area contributed by atoms with Crippen LogP contribution in [0.2, 0.25) is 0 Å². The average Bonchev–Trinajstić information content (AvgIpc) is 2.20. The van der Waals surface area contributed by atoms with Gasteiger partial charge in [-0.1, -0.05) is 6.07 Å². The molecule has 0 spiro atoms. The summed E-state index contributed by atoms with van der Waals surface area (Å²) in [6.45, 7) is -0.122. The lowest BCUT2D eigenvalue weighted by Crippen LogP contribution is -2.35. The SMILES string of the molecule is Cc1ccc(NC(=O)CNCC(F)(F)F)c(F)c1. The van der Waals surface area contributed by atoms with Gasteiger partial charge in [0.25, 0.3) is 0 Å². The van der Waals surface area contributed by atoms with Crippen LogP contribution in [0.1, 0.15) is 5.56 Å². The molecule has 18 heavy (non-hydrogen) atoms. The van der Waals surface area contributed by atoms with Crippen molar-refractivity contribution in [2.24, 2.45) is 0 Å². The summed E-state index contributed by atoms with van der Waals surface area (Å²) in [5.41, 5.74) is 0.625. The van der Waals surface area contributed by atoms with E-state index in [0.717, 1.165) is 0 Å². The first-order chi connectivity index (χ1) is 8.28. The number of carbonyl (C=O) groups is 1. The minimum atomic E-state index is -4.38. The number of nitrogens with one attached hydrogen (secondary N) is 2. The number of aryl methyl sites for hydroxylation is 1. The minimum Gasteiger partial charge on any atom is -0.322 e. The van der Waals surface area contributed by atoms with Gasteiger partial charge >= 0.3 is 6.18 Å². The number of benzene rings is 1. The second kappa shape index (κ2) is 5.81. The second-order valence-corrected chi connectivity index (χ2v) is 3.75. The molecule has 1 amide bonds. The summed E-state index contributed by atoms with van der Waals surface area (Å²) in [6.07, 6.45) is -4.38. The highest BCUT2D eigenvalue weighted by atomic mass is 19.4. The third kappa shape index (κ3) is 5.13. The van der Waals surface area contributed by atoms with Crippen LogP contribution < -0.4 is 10.6 Å². The predicted molar refractivity (Wildman–Crippen MR) is 58.7 cm³/mol. The molecular weight excluding hydrogens is 252 g/mol. The van der Waals surface area contributed by atoms with Gasteiger partial charge < -0.3 is 10.6 Å². The average molecular weight is 264 g/mol. The van der Waals surface area contributed by atoms with Crippen molar-refractivity contribution < 1.29 is 22.4 Å². The number of hydrogen-bond donors (Lipinski definition) is 2. The van der Waals surface area contributed by atoms with Gasteiger partial charge in [0, 0.05) is 0 Å². The quantitative estimate of drug-likeness (QED) is 0.819. The van der Waals surface area contributed by atoms with Crippen molar-refractivity contribution in [3.63, 3.8) is 0 Å². The molecule has 1 aromatic carbocycles. The number of hydrogen-bond acceptors (Lipinski definition) is 2. The lowest BCUT2D eigenvalue weighted by Gasteiger charge is -2.09. The van der Waals surface area contributed by atoms with E-state index in [4.69, 9.17) is 0 Å². The van der Waals surface area contributed by atoms with Gasteiger partial charge in [-0.05, 0) is 24.6 Å². The molecule has 0 bridgehead atoms. The Bertz CT molecular complexity index is 432. The van der Waals surface area contributed by atoms with Gasteiger partial charge in [-0.2, -0.15) is 13.2 Å². The topological polar surface area (TPSA) is 41.1 Å². The van der Waals surface area contributed by atoms with Gasteiger partial charge in [-0.15, -0.1) is 0 Å². The Hall–Kier alpha value is -1.63. The van der Waals surface area contributed by atoms with Crippen molar-refractivity contribution in [1.82, 2.24) is 5.32 Å². The first-order valence-corrected chi connectivity index (χ1v) is 5.11. The summed E-state index contributed by atoms with van der Waals surface area (Å²) in [6, 6.07) is 4.16. The fourth-order valence-corrected chi connectivity index (χ4v) is 1.23. The van der Waals surface area contributed by atoms with E-state index >= 15 is 0 Å². The van der Waals surface area contributed by atoms with Crippen LogP contribution in [-0.2, 0) is 4.79 Å². The number of alkyl halides is 3. The van der Waals surface area contributed by atoms with Gasteiger partial charge in [0.2, 0.25) is 5.91 Å². The molecule has 1 aromatic rings. The molecule has 0 unspecified atom stereocenters. The number of rotatable bonds is 4. The Kier molecular flexibility index (Phi) is 4.66. The molecule has 0 aromatic heterocycles. The highest BCUT2D eigenvalue weighted by Gasteiger charge is 2.26. The van der Waals surface area contributed by atoms with Crippen molar-refractivity contribution in [2.75, 3.05) is 18.4 Å². The highest BCUT2D eigenvalue weighted by Crippen LogP contribution is 2.15. The molecule has 0 heterocycles. The van der Waals surface area contributed by atoms with Gasteiger partial charge in [0.15, 0.2) is 0 Å². The number of anilines is 1. The van der Waals surface area contributed by atoms with E-state index < -0.39 is 31.0 Å². The Labute approximate surface area is 101 Å². The van der Waals surface area contributed by atoms with Crippen LogP contribution in [0.15, 0.2) is 18.2 Å². The van der Waals surface area contributed by atoms with Crippen LogP contribution in [0, 0.1) is 12.7 Å². The van der Waals surface area contributed by atoms with Crippen molar-refractivity contribution in [3.05, 3.63) is 29.6 Å². The smallest absolute Gasteiger partial charge is 0.322 e. The monoisotopic (exact) mass is 264 g/mol. The zero-order valence-electron chi connectivity index (χ0n) is 9.57. The van der Waals surface area contributed by atoms with E-state index in [1.807, 2.05) is 5.32 Å². The normalized spacial score (nSPS) is 11.4. The van der Waals surface area contributed by atoms with E-state index in [2.05, 4.69) is 5.32 Å². The zero-order chi connectivity index (χ0) is 13.8. The Morgan fingerprint density at radius 2 is 2.00 bits per heavy atom. The Balaban J connectivity index is 2.45. The minimum absolute atomic E-state index is 0.0561. The van der Waals surface area contributed by atoms with Crippen molar-refractivity contribution >= 4 is 11.6 Å². The third-order valence-electron chi connectivity index (χ3n) is 2.01. The van der Waals surface area contributed by atoms with Crippen LogP contribution in [-0.4, -0.2) is 25.2 Å². The molecule has 0 aliphatic heterocycles. The van der Waals surface area contributed by atoms with Crippen molar-refractivity contribution in [1.29, 1.82) is 0 Å². The lowest BCUT2D eigenvalue weighted by atomic mass is 10.2. The van der Waals surface area contributed by atoms with Crippen LogP contribution in [0.3, 0.4) is 0 Å². The molecule has 0 aliphatic rings. The summed E-state index contributed by atoms with van der Waals surface area (Å²) < 4.78 is 48.7. The van der Waals surface area contributed by atoms with Gasteiger partial charge in [-0.3, -0.25) is 4.79 Å². The molecule has 3 nitrogen and oxygen atoms in total. The van der Waals surface area contributed by atoms with Gasteiger partial charge in [0.1, 0.15) is 5.82 Å². The first kappa shape index (κ1) is 14.4.